The van der Waals surface area contributed by atoms with Crippen LogP contribution >= 0.6 is 15.9 Å². The maximum Gasteiger partial charge on any atom is 0.144 e. The molecule has 0 bridgehead atoms. The van der Waals surface area contributed by atoms with E-state index >= 15 is 0 Å². The molecule has 1 aliphatic carbocycles. The van der Waals surface area contributed by atoms with Gasteiger partial charge >= 0.3 is 0 Å². The van der Waals surface area contributed by atoms with E-state index < -0.39 is 11.6 Å². The van der Waals surface area contributed by atoms with Gasteiger partial charge in [0, 0.05) is 18.2 Å². The molecule has 0 saturated heterocycles. The Bertz CT molecular complexity index is 478. The van der Waals surface area contributed by atoms with Gasteiger partial charge in [0.25, 0.3) is 0 Å². The fraction of sp³-hybridized carbons (Fsp3) is 0.625. The van der Waals surface area contributed by atoms with Crippen LogP contribution in [0, 0.1) is 17.0 Å². The standard InChI is InChI=1S/C16H22BrF2N/c1-16(2)8-6-11(7-9-16)20(3)10-12-14(18)5-4-13(17)15(12)19/h4-5,11H,6-10H2,1-3H3. The molecule has 4 heteroatoms. The molecule has 0 spiro atoms. The Morgan fingerprint density at radius 1 is 1.25 bits per heavy atom. The highest BCUT2D eigenvalue weighted by molar-refractivity contribution is 9.10. The first kappa shape index (κ1) is 15.9. The molecule has 0 aliphatic heterocycles. The maximum absolute atomic E-state index is 14.0. The quantitative estimate of drug-likeness (QED) is 0.686. The predicted molar refractivity (Wildman–Crippen MR) is 81.6 cm³/mol. The third-order valence-corrected chi connectivity index (χ3v) is 5.09. The van der Waals surface area contributed by atoms with E-state index in [1.54, 1.807) is 0 Å². The van der Waals surface area contributed by atoms with Crippen LogP contribution in [0.1, 0.15) is 45.1 Å². The molecule has 20 heavy (non-hydrogen) atoms. The van der Waals surface area contributed by atoms with Crippen molar-refractivity contribution in [3.8, 4) is 0 Å². The second kappa shape index (κ2) is 6.10. The van der Waals surface area contributed by atoms with E-state index in [2.05, 4.69) is 34.7 Å². The van der Waals surface area contributed by atoms with Crippen molar-refractivity contribution in [2.45, 2.75) is 52.1 Å². The zero-order valence-electron chi connectivity index (χ0n) is 12.3. The first-order valence-electron chi connectivity index (χ1n) is 7.13. The van der Waals surface area contributed by atoms with Crippen LogP contribution in [0.5, 0.6) is 0 Å². The molecule has 0 atom stereocenters. The van der Waals surface area contributed by atoms with Gasteiger partial charge in [-0.3, -0.25) is 4.90 Å². The average molecular weight is 346 g/mol. The molecule has 2 rings (SSSR count). The second-order valence-corrected chi connectivity index (χ2v) is 7.49. The molecule has 1 aliphatic rings. The Balaban J connectivity index is 2.06. The van der Waals surface area contributed by atoms with E-state index in [1.807, 2.05) is 7.05 Å². The normalized spacial score (nSPS) is 19.6. The van der Waals surface area contributed by atoms with E-state index in [4.69, 9.17) is 0 Å². The summed E-state index contributed by atoms with van der Waals surface area (Å²) in [7, 11) is 1.96. The lowest BCUT2D eigenvalue weighted by atomic mass is 9.75. The largest absolute Gasteiger partial charge is 0.299 e. The van der Waals surface area contributed by atoms with Crippen molar-refractivity contribution in [2.75, 3.05) is 7.05 Å². The highest BCUT2D eigenvalue weighted by Gasteiger charge is 2.29. The Labute approximate surface area is 128 Å². The van der Waals surface area contributed by atoms with Crippen LogP contribution in [0.25, 0.3) is 0 Å². The summed E-state index contributed by atoms with van der Waals surface area (Å²) >= 11 is 3.12. The van der Waals surface area contributed by atoms with Crippen molar-refractivity contribution in [1.29, 1.82) is 0 Å². The molecule has 0 radical (unpaired) electrons. The van der Waals surface area contributed by atoms with Crippen molar-refractivity contribution in [2.24, 2.45) is 5.41 Å². The van der Waals surface area contributed by atoms with E-state index in [0.29, 0.717) is 22.5 Å². The van der Waals surface area contributed by atoms with Gasteiger partial charge in [0.1, 0.15) is 11.6 Å². The minimum Gasteiger partial charge on any atom is -0.299 e. The maximum atomic E-state index is 14.0. The van der Waals surface area contributed by atoms with Crippen molar-refractivity contribution in [3.05, 3.63) is 33.8 Å². The fourth-order valence-electron chi connectivity index (χ4n) is 2.92. The Morgan fingerprint density at radius 3 is 2.45 bits per heavy atom. The Morgan fingerprint density at radius 2 is 1.85 bits per heavy atom. The van der Waals surface area contributed by atoms with Gasteiger partial charge in [0.2, 0.25) is 0 Å². The molecule has 1 aromatic carbocycles. The SMILES string of the molecule is CN(Cc1c(F)ccc(Br)c1F)C1CCC(C)(C)CC1. The number of hydrogen-bond donors (Lipinski definition) is 0. The highest BCUT2D eigenvalue weighted by atomic mass is 79.9. The lowest BCUT2D eigenvalue weighted by molar-refractivity contribution is 0.121. The lowest BCUT2D eigenvalue weighted by Crippen LogP contribution is -2.37. The Kier molecular flexibility index (Phi) is 4.85. The summed E-state index contributed by atoms with van der Waals surface area (Å²) in [5.41, 5.74) is 0.565. The minimum atomic E-state index is -0.479. The summed E-state index contributed by atoms with van der Waals surface area (Å²) in [4.78, 5) is 2.09. The molecule has 1 nitrogen and oxygen atoms in total. The number of halogens is 3. The summed E-state index contributed by atoms with van der Waals surface area (Å²) < 4.78 is 28.1. The molecule has 0 aromatic heterocycles. The van der Waals surface area contributed by atoms with Gasteiger partial charge in [-0.2, -0.15) is 0 Å². The van der Waals surface area contributed by atoms with Crippen molar-refractivity contribution >= 4 is 15.9 Å². The number of benzene rings is 1. The van der Waals surface area contributed by atoms with Gasteiger partial charge in [-0.1, -0.05) is 13.8 Å². The number of rotatable bonds is 3. The van der Waals surface area contributed by atoms with Crippen LogP contribution in [-0.4, -0.2) is 18.0 Å². The van der Waals surface area contributed by atoms with Gasteiger partial charge < -0.3 is 0 Å². The Hall–Kier alpha value is -0.480. The van der Waals surface area contributed by atoms with Crippen LogP contribution in [0.15, 0.2) is 16.6 Å². The van der Waals surface area contributed by atoms with E-state index in [-0.39, 0.29) is 5.56 Å². The molecule has 0 N–H and O–H groups in total. The summed E-state index contributed by atoms with van der Waals surface area (Å²) in [6.45, 7) is 4.90. The highest BCUT2D eigenvalue weighted by Crippen LogP contribution is 2.37. The van der Waals surface area contributed by atoms with E-state index in [9.17, 15) is 8.78 Å². The zero-order valence-corrected chi connectivity index (χ0v) is 13.9. The summed E-state index contributed by atoms with van der Waals surface area (Å²) in [6, 6.07) is 3.15. The predicted octanol–water partition coefficient (Wildman–Crippen LogP) is 5.13. The van der Waals surface area contributed by atoms with Gasteiger partial charge in [-0.15, -0.1) is 0 Å². The van der Waals surface area contributed by atoms with Crippen LogP contribution in [0.4, 0.5) is 8.78 Å². The summed E-state index contributed by atoms with van der Waals surface area (Å²) in [5.74, 6) is -0.943. The minimum absolute atomic E-state index is 0.159. The van der Waals surface area contributed by atoms with Gasteiger partial charge in [-0.25, -0.2) is 8.78 Å². The van der Waals surface area contributed by atoms with Gasteiger partial charge in [0.15, 0.2) is 0 Å². The van der Waals surface area contributed by atoms with Crippen molar-refractivity contribution < 1.29 is 8.78 Å². The van der Waals surface area contributed by atoms with Crippen molar-refractivity contribution in [3.63, 3.8) is 0 Å². The van der Waals surface area contributed by atoms with Crippen molar-refractivity contribution in [1.82, 2.24) is 4.90 Å². The van der Waals surface area contributed by atoms with Crippen LogP contribution in [0.2, 0.25) is 0 Å². The molecule has 0 unspecified atom stereocenters. The first-order valence-corrected chi connectivity index (χ1v) is 7.92. The zero-order chi connectivity index (χ0) is 14.9. The fourth-order valence-corrected chi connectivity index (χ4v) is 3.29. The molecule has 0 amide bonds. The molecule has 0 heterocycles. The van der Waals surface area contributed by atoms with Crippen LogP contribution < -0.4 is 0 Å². The van der Waals surface area contributed by atoms with Crippen LogP contribution in [-0.2, 0) is 6.54 Å². The average Bonchev–Trinajstić information content (AvgIpc) is 2.39. The molecule has 1 fully saturated rings. The topological polar surface area (TPSA) is 3.24 Å². The molecular weight excluding hydrogens is 324 g/mol. The third kappa shape index (κ3) is 3.59. The second-order valence-electron chi connectivity index (χ2n) is 6.63. The molecule has 1 saturated carbocycles. The van der Waals surface area contributed by atoms with Crippen LogP contribution in [0.3, 0.4) is 0 Å². The lowest BCUT2D eigenvalue weighted by Gasteiger charge is -2.38. The monoisotopic (exact) mass is 345 g/mol. The molecule has 112 valence electrons. The summed E-state index contributed by atoms with van der Waals surface area (Å²) in [5, 5.41) is 0. The van der Waals surface area contributed by atoms with E-state index in [0.717, 1.165) is 12.8 Å². The number of nitrogens with zero attached hydrogens (tertiary/aromatic N) is 1. The smallest absolute Gasteiger partial charge is 0.144 e. The first-order chi connectivity index (χ1) is 9.30. The summed E-state index contributed by atoms with van der Waals surface area (Å²) in [6.07, 6.45) is 4.54. The molecule has 1 aromatic rings. The van der Waals surface area contributed by atoms with E-state index in [1.165, 1.54) is 25.0 Å². The third-order valence-electron chi connectivity index (χ3n) is 4.48. The molecular formula is C16H22BrF2N. The van der Waals surface area contributed by atoms with Gasteiger partial charge in [0.05, 0.1) is 4.47 Å². The number of hydrogen-bond acceptors (Lipinski definition) is 1. The van der Waals surface area contributed by atoms with Gasteiger partial charge in [-0.05, 0) is 66.2 Å².